The average molecular weight is 379 g/mol. The van der Waals surface area contributed by atoms with Crippen LogP contribution in [0.3, 0.4) is 0 Å². The Bertz CT molecular complexity index is 1320. The summed E-state index contributed by atoms with van der Waals surface area (Å²) < 4.78 is 23.9. The highest BCUT2D eigenvalue weighted by atomic mass is 14.9. The van der Waals surface area contributed by atoms with Crippen LogP contribution in [0.15, 0.2) is 91.0 Å². The fourth-order valence-corrected chi connectivity index (χ4v) is 4.48. The monoisotopic (exact) mass is 378 g/mol. The summed E-state index contributed by atoms with van der Waals surface area (Å²) >= 11 is 0. The summed E-state index contributed by atoms with van der Waals surface area (Å²) in [7, 11) is 0. The zero-order valence-electron chi connectivity index (χ0n) is 19.7. The molecule has 1 aliphatic carbocycles. The normalized spacial score (nSPS) is 15.6. The second-order valence-corrected chi connectivity index (χ2v) is 8.15. The van der Waals surface area contributed by atoms with Crippen LogP contribution in [0.5, 0.6) is 0 Å². The molecule has 0 aliphatic heterocycles. The molecule has 0 spiro atoms. The molecule has 4 aromatic carbocycles. The van der Waals surface area contributed by atoms with Gasteiger partial charge in [0.1, 0.15) is 0 Å². The van der Waals surface area contributed by atoms with Crippen molar-refractivity contribution in [2.24, 2.45) is 0 Å². The van der Waals surface area contributed by atoms with E-state index in [2.05, 4.69) is 61.6 Å². The van der Waals surface area contributed by atoms with E-state index in [1.165, 1.54) is 22.3 Å². The zero-order chi connectivity index (χ0) is 22.5. The van der Waals surface area contributed by atoms with E-state index in [0.717, 1.165) is 22.5 Å². The van der Waals surface area contributed by atoms with Gasteiger partial charge >= 0.3 is 0 Å². The standard InChI is InChI=1S/C28H25N/c1-19-10-4-5-11-21(19)24-13-7-9-15-27(24)29-20-16-17-23-22-12-6-8-14-25(22)28(2,3)26(23)18-20/h4-18,29H,1-3H3/i1D3. The van der Waals surface area contributed by atoms with Gasteiger partial charge in [-0.15, -0.1) is 0 Å². The van der Waals surface area contributed by atoms with Crippen molar-refractivity contribution in [3.8, 4) is 22.3 Å². The zero-order valence-corrected chi connectivity index (χ0v) is 16.7. The molecule has 1 heteroatoms. The first kappa shape index (κ1) is 14.6. The van der Waals surface area contributed by atoms with Gasteiger partial charge < -0.3 is 5.32 Å². The molecule has 0 atom stereocenters. The Labute approximate surface area is 177 Å². The van der Waals surface area contributed by atoms with Crippen molar-refractivity contribution in [1.29, 1.82) is 0 Å². The predicted octanol–water partition coefficient (Wildman–Crippen LogP) is 7.71. The lowest BCUT2D eigenvalue weighted by Gasteiger charge is -2.22. The summed E-state index contributed by atoms with van der Waals surface area (Å²) in [6, 6.07) is 30.2. The predicted molar refractivity (Wildman–Crippen MR) is 124 cm³/mol. The fraction of sp³-hybridized carbons (Fsp3) is 0.143. The fourth-order valence-electron chi connectivity index (χ4n) is 4.48. The number of benzene rings is 4. The minimum absolute atomic E-state index is 0.0724. The first-order chi connectivity index (χ1) is 15.3. The van der Waals surface area contributed by atoms with Crippen molar-refractivity contribution in [3.63, 3.8) is 0 Å². The third kappa shape index (κ3) is 2.86. The molecule has 0 unspecified atom stereocenters. The third-order valence-corrected chi connectivity index (χ3v) is 6.01. The van der Waals surface area contributed by atoms with Crippen molar-refractivity contribution in [1.82, 2.24) is 0 Å². The number of fused-ring (bicyclic) bond motifs is 3. The van der Waals surface area contributed by atoms with Crippen molar-refractivity contribution in [2.45, 2.75) is 26.1 Å². The molecule has 1 nitrogen and oxygen atoms in total. The highest BCUT2D eigenvalue weighted by molar-refractivity contribution is 5.86. The third-order valence-electron chi connectivity index (χ3n) is 6.01. The SMILES string of the molecule is [2H]C([2H])([2H])c1ccccc1-c1ccccc1Nc1ccc2c(c1)C(C)(C)c1ccccc1-2. The summed E-state index contributed by atoms with van der Waals surface area (Å²) in [6.45, 7) is 2.36. The molecule has 0 radical (unpaired) electrons. The largest absolute Gasteiger partial charge is 0.355 e. The van der Waals surface area contributed by atoms with Crippen molar-refractivity contribution in [3.05, 3.63) is 108 Å². The van der Waals surface area contributed by atoms with Crippen LogP contribution in [-0.2, 0) is 5.41 Å². The van der Waals surface area contributed by atoms with E-state index in [0.29, 0.717) is 5.56 Å². The van der Waals surface area contributed by atoms with Crippen LogP contribution >= 0.6 is 0 Å². The van der Waals surface area contributed by atoms with E-state index in [4.69, 9.17) is 4.11 Å². The van der Waals surface area contributed by atoms with Gasteiger partial charge in [-0.2, -0.15) is 0 Å². The maximum atomic E-state index is 7.96. The number of hydrogen-bond donors (Lipinski definition) is 1. The van der Waals surface area contributed by atoms with E-state index in [-0.39, 0.29) is 5.41 Å². The van der Waals surface area contributed by atoms with Crippen LogP contribution in [-0.4, -0.2) is 0 Å². The van der Waals surface area contributed by atoms with Crippen molar-refractivity contribution < 1.29 is 4.11 Å². The lowest BCUT2D eigenvalue weighted by molar-refractivity contribution is 0.660. The van der Waals surface area contributed by atoms with E-state index in [1.54, 1.807) is 12.1 Å². The van der Waals surface area contributed by atoms with Gasteiger partial charge in [-0.3, -0.25) is 0 Å². The van der Waals surface area contributed by atoms with Gasteiger partial charge in [0.15, 0.2) is 0 Å². The minimum atomic E-state index is -2.17. The summed E-state index contributed by atoms with van der Waals surface area (Å²) in [5, 5.41) is 3.56. The molecule has 142 valence electrons. The van der Waals surface area contributed by atoms with Gasteiger partial charge in [0.2, 0.25) is 0 Å². The number of nitrogens with one attached hydrogen (secondary N) is 1. The Morgan fingerprint density at radius 1 is 0.655 bits per heavy atom. The van der Waals surface area contributed by atoms with E-state index < -0.39 is 6.85 Å². The number of aryl methyl sites for hydroxylation is 1. The lowest BCUT2D eigenvalue weighted by atomic mass is 9.82. The van der Waals surface area contributed by atoms with Crippen LogP contribution in [0.1, 0.15) is 34.7 Å². The van der Waals surface area contributed by atoms with Crippen LogP contribution < -0.4 is 5.32 Å². The van der Waals surface area contributed by atoms with E-state index in [9.17, 15) is 0 Å². The molecule has 0 saturated heterocycles. The van der Waals surface area contributed by atoms with Gasteiger partial charge in [0.25, 0.3) is 0 Å². The van der Waals surface area contributed by atoms with Crippen LogP contribution in [0, 0.1) is 6.85 Å². The first-order valence-electron chi connectivity index (χ1n) is 11.5. The molecule has 0 heterocycles. The van der Waals surface area contributed by atoms with E-state index in [1.807, 2.05) is 36.4 Å². The maximum Gasteiger partial charge on any atom is 0.0464 e. The van der Waals surface area contributed by atoms with Gasteiger partial charge in [-0.25, -0.2) is 0 Å². The molecule has 1 N–H and O–H groups in total. The van der Waals surface area contributed by atoms with Crippen LogP contribution in [0.4, 0.5) is 11.4 Å². The van der Waals surface area contributed by atoms with Gasteiger partial charge in [-0.05, 0) is 58.4 Å². The van der Waals surface area contributed by atoms with Gasteiger partial charge in [-0.1, -0.05) is 86.6 Å². The summed E-state index contributed by atoms with van der Waals surface area (Å²) in [5.74, 6) is 0. The van der Waals surface area contributed by atoms with Crippen molar-refractivity contribution >= 4 is 11.4 Å². The summed E-state index contributed by atoms with van der Waals surface area (Å²) in [6.07, 6.45) is 0. The maximum absolute atomic E-state index is 7.96. The Morgan fingerprint density at radius 3 is 2.14 bits per heavy atom. The minimum Gasteiger partial charge on any atom is -0.355 e. The highest BCUT2D eigenvalue weighted by Gasteiger charge is 2.35. The summed E-state index contributed by atoms with van der Waals surface area (Å²) in [5.41, 5.74) is 8.98. The Kier molecular flexibility index (Phi) is 3.35. The first-order valence-corrected chi connectivity index (χ1v) is 9.97. The number of hydrogen-bond acceptors (Lipinski definition) is 1. The topological polar surface area (TPSA) is 12.0 Å². The molecule has 0 amide bonds. The smallest absolute Gasteiger partial charge is 0.0464 e. The van der Waals surface area contributed by atoms with Gasteiger partial charge in [0, 0.05) is 26.5 Å². The van der Waals surface area contributed by atoms with E-state index >= 15 is 0 Å². The molecular weight excluding hydrogens is 350 g/mol. The Hall–Kier alpha value is -3.32. The molecule has 4 aromatic rings. The van der Waals surface area contributed by atoms with Gasteiger partial charge in [0.05, 0.1) is 0 Å². The Morgan fingerprint density at radius 2 is 1.31 bits per heavy atom. The second kappa shape index (κ2) is 6.63. The Balaban J connectivity index is 1.57. The lowest BCUT2D eigenvalue weighted by Crippen LogP contribution is -2.15. The molecule has 0 bridgehead atoms. The van der Waals surface area contributed by atoms with Crippen LogP contribution in [0.2, 0.25) is 0 Å². The molecule has 1 aliphatic rings. The quantitative estimate of drug-likeness (QED) is 0.385. The molecule has 5 rings (SSSR count). The average Bonchev–Trinajstić information content (AvgIpc) is 3.01. The number of anilines is 2. The van der Waals surface area contributed by atoms with Crippen LogP contribution in [0.25, 0.3) is 22.3 Å². The number of para-hydroxylation sites is 1. The molecule has 0 aromatic heterocycles. The molecular formula is C28H25N. The second-order valence-electron chi connectivity index (χ2n) is 8.15. The molecule has 29 heavy (non-hydrogen) atoms. The summed E-state index contributed by atoms with van der Waals surface area (Å²) in [4.78, 5) is 0. The number of rotatable bonds is 3. The van der Waals surface area contributed by atoms with Crippen molar-refractivity contribution in [2.75, 3.05) is 5.32 Å². The molecule has 0 saturated carbocycles. The molecule has 0 fully saturated rings. The highest BCUT2D eigenvalue weighted by Crippen LogP contribution is 2.49.